The molecule has 0 spiro atoms. The van der Waals surface area contributed by atoms with Gasteiger partial charge in [-0.25, -0.2) is 4.98 Å². The summed E-state index contributed by atoms with van der Waals surface area (Å²) in [6.45, 7) is 1.26. The molecule has 1 saturated heterocycles. The monoisotopic (exact) mass is 243 g/mol. The smallest absolute Gasteiger partial charge is 0.311 e. The normalized spacial score (nSPS) is 18.9. The van der Waals surface area contributed by atoms with Gasteiger partial charge >= 0.3 is 5.69 Å². The van der Waals surface area contributed by atoms with Gasteiger partial charge in [0.15, 0.2) is 0 Å². The molecule has 1 aromatic heterocycles. The fourth-order valence-corrected chi connectivity index (χ4v) is 1.51. The van der Waals surface area contributed by atoms with Crippen LogP contribution in [0.2, 0.25) is 5.15 Å². The van der Waals surface area contributed by atoms with Crippen LogP contribution in [0.4, 0.5) is 11.5 Å². The van der Waals surface area contributed by atoms with Crippen LogP contribution in [0.15, 0.2) is 12.1 Å². The fourth-order valence-electron chi connectivity index (χ4n) is 1.36. The van der Waals surface area contributed by atoms with Crippen molar-refractivity contribution in [3.8, 4) is 0 Å². The van der Waals surface area contributed by atoms with Gasteiger partial charge in [0.25, 0.3) is 0 Å². The van der Waals surface area contributed by atoms with E-state index < -0.39 is 4.92 Å². The van der Waals surface area contributed by atoms with Crippen molar-refractivity contribution in [3.05, 3.63) is 27.4 Å². The molecule has 0 unspecified atom stereocenters. The van der Waals surface area contributed by atoms with E-state index in [1.54, 1.807) is 0 Å². The first kappa shape index (κ1) is 11.1. The standard InChI is InChI=1S/C9H10ClN3O3/c10-8-2-1-7(13(14)15)9(12-8)11-5-6-3-4-16-6/h1-2,6H,3-5H2,(H,11,12)/t6-/m0/s1. The number of halogens is 1. The summed E-state index contributed by atoms with van der Waals surface area (Å²) in [7, 11) is 0. The molecule has 1 fully saturated rings. The van der Waals surface area contributed by atoms with Crippen LogP contribution in [0.5, 0.6) is 0 Å². The van der Waals surface area contributed by atoms with Gasteiger partial charge in [0, 0.05) is 19.2 Å². The SMILES string of the molecule is O=[N+]([O-])c1ccc(Cl)nc1NC[C@@H]1CCO1. The van der Waals surface area contributed by atoms with Gasteiger partial charge in [0.05, 0.1) is 11.0 Å². The molecular weight excluding hydrogens is 234 g/mol. The van der Waals surface area contributed by atoms with Crippen molar-refractivity contribution in [2.45, 2.75) is 12.5 Å². The molecule has 2 heterocycles. The van der Waals surface area contributed by atoms with Gasteiger partial charge < -0.3 is 10.1 Å². The highest BCUT2D eigenvalue weighted by atomic mass is 35.5. The Hall–Kier alpha value is -1.40. The molecule has 6 nitrogen and oxygen atoms in total. The minimum atomic E-state index is -0.493. The first-order chi connectivity index (χ1) is 7.66. The number of nitrogens with one attached hydrogen (secondary N) is 1. The second kappa shape index (κ2) is 4.63. The van der Waals surface area contributed by atoms with Crippen molar-refractivity contribution >= 4 is 23.1 Å². The highest BCUT2D eigenvalue weighted by Crippen LogP contribution is 2.24. The topological polar surface area (TPSA) is 77.3 Å². The minimum Gasteiger partial charge on any atom is -0.376 e. The van der Waals surface area contributed by atoms with E-state index in [9.17, 15) is 10.1 Å². The number of hydrogen-bond donors (Lipinski definition) is 1. The van der Waals surface area contributed by atoms with Crippen LogP contribution in [0.3, 0.4) is 0 Å². The van der Waals surface area contributed by atoms with Crippen LogP contribution < -0.4 is 5.32 Å². The van der Waals surface area contributed by atoms with Crippen molar-refractivity contribution in [3.63, 3.8) is 0 Å². The number of rotatable bonds is 4. The average Bonchev–Trinajstić information content (AvgIpc) is 2.14. The van der Waals surface area contributed by atoms with E-state index in [1.165, 1.54) is 12.1 Å². The molecule has 1 aliphatic rings. The number of pyridine rings is 1. The summed E-state index contributed by atoms with van der Waals surface area (Å²) in [5.41, 5.74) is -0.0799. The van der Waals surface area contributed by atoms with Crippen LogP contribution in [-0.2, 0) is 4.74 Å². The maximum Gasteiger partial charge on any atom is 0.311 e. The van der Waals surface area contributed by atoms with E-state index in [0.29, 0.717) is 6.54 Å². The molecule has 2 rings (SSSR count). The Morgan fingerprint density at radius 3 is 3.00 bits per heavy atom. The highest BCUT2D eigenvalue weighted by Gasteiger charge is 2.21. The maximum absolute atomic E-state index is 10.7. The lowest BCUT2D eigenvalue weighted by Crippen LogP contribution is -2.33. The van der Waals surface area contributed by atoms with E-state index in [4.69, 9.17) is 16.3 Å². The molecule has 86 valence electrons. The number of anilines is 1. The second-order valence-electron chi connectivity index (χ2n) is 3.42. The third kappa shape index (κ3) is 2.40. The van der Waals surface area contributed by atoms with Gasteiger partial charge in [-0.3, -0.25) is 10.1 Å². The molecule has 0 amide bonds. The third-order valence-electron chi connectivity index (χ3n) is 2.33. The Bertz CT molecular complexity index is 409. The summed E-state index contributed by atoms with van der Waals surface area (Å²) in [4.78, 5) is 14.1. The lowest BCUT2D eigenvalue weighted by molar-refractivity contribution is -0.384. The zero-order valence-electron chi connectivity index (χ0n) is 8.35. The van der Waals surface area contributed by atoms with E-state index in [-0.39, 0.29) is 22.8 Å². The van der Waals surface area contributed by atoms with E-state index in [2.05, 4.69) is 10.3 Å². The summed E-state index contributed by atoms with van der Waals surface area (Å²) in [6, 6.07) is 2.73. The predicted molar refractivity (Wildman–Crippen MR) is 58.7 cm³/mol. The van der Waals surface area contributed by atoms with E-state index in [0.717, 1.165) is 13.0 Å². The quantitative estimate of drug-likeness (QED) is 0.496. The maximum atomic E-state index is 10.7. The molecule has 16 heavy (non-hydrogen) atoms. The van der Waals surface area contributed by atoms with E-state index >= 15 is 0 Å². The number of aromatic nitrogens is 1. The lowest BCUT2D eigenvalue weighted by Gasteiger charge is -2.26. The first-order valence-electron chi connectivity index (χ1n) is 4.83. The Kier molecular flexibility index (Phi) is 3.21. The highest BCUT2D eigenvalue weighted by molar-refractivity contribution is 6.29. The Morgan fingerprint density at radius 1 is 1.69 bits per heavy atom. The molecule has 7 heteroatoms. The van der Waals surface area contributed by atoms with Gasteiger partial charge in [-0.05, 0) is 12.5 Å². The molecule has 0 aliphatic carbocycles. The van der Waals surface area contributed by atoms with Crippen molar-refractivity contribution in [2.24, 2.45) is 0 Å². The zero-order chi connectivity index (χ0) is 11.5. The molecule has 0 radical (unpaired) electrons. The van der Waals surface area contributed by atoms with Crippen molar-refractivity contribution in [1.29, 1.82) is 0 Å². The number of nitro groups is 1. The Balaban J connectivity index is 2.09. The summed E-state index contributed by atoms with van der Waals surface area (Å²) >= 11 is 5.68. The van der Waals surface area contributed by atoms with Gasteiger partial charge in [0.1, 0.15) is 5.15 Å². The molecule has 1 aliphatic heterocycles. The van der Waals surface area contributed by atoms with Crippen LogP contribution in [-0.4, -0.2) is 29.2 Å². The van der Waals surface area contributed by atoms with Crippen LogP contribution in [0.1, 0.15) is 6.42 Å². The molecular formula is C9H10ClN3O3. The van der Waals surface area contributed by atoms with Gasteiger partial charge in [-0.15, -0.1) is 0 Å². The van der Waals surface area contributed by atoms with E-state index in [1.807, 2.05) is 0 Å². The summed E-state index contributed by atoms with van der Waals surface area (Å²) in [5, 5.41) is 13.8. The second-order valence-corrected chi connectivity index (χ2v) is 3.81. The molecule has 1 atom stereocenters. The fraction of sp³-hybridized carbons (Fsp3) is 0.444. The van der Waals surface area contributed by atoms with Crippen molar-refractivity contribution < 1.29 is 9.66 Å². The number of hydrogen-bond acceptors (Lipinski definition) is 5. The molecule has 0 aromatic carbocycles. The van der Waals surface area contributed by atoms with Crippen molar-refractivity contribution in [2.75, 3.05) is 18.5 Å². The summed E-state index contributed by atoms with van der Waals surface area (Å²) in [5.74, 6) is 0.188. The van der Waals surface area contributed by atoms with Crippen LogP contribution in [0.25, 0.3) is 0 Å². The lowest BCUT2D eigenvalue weighted by atomic mass is 10.2. The summed E-state index contributed by atoms with van der Waals surface area (Å²) < 4.78 is 5.19. The average molecular weight is 244 g/mol. The largest absolute Gasteiger partial charge is 0.376 e. The number of nitrogens with zero attached hydrogens (tertiary/aromatic N) is 2. The first-order valence-corrected chi connectivity index (χ1v) is 5.21. The molecule has 1 aromatic rings. The van der Waals surface area contributed by atoms with Gasteiger partial charge in [0.2, 0.25) is 5.82 Å². The van der Waals surface area contributed by atoms with Crippen molar-refractivity contribution in [1.82, 2.24) is 4.98 Å². The minimum absolute atomic E-state index is 0.0799. The Labute approximate surface area is 96.7 Å². The van der Waals surface area contributed by atoms with Crippen LogP contribution in [0, 0.1) is 10.1 Å². The van der Waals surface area contributed by atoms with Gasteiger partial charge in [-0.1, -0.05) is 11.6 Å². The van der Waals surface area contributed by atoms with Crippen LogP contribution >= 0.6 is 11.6 Å². The molecule has 0 saturated carbocycles. The number of ether oxygens (including phenoxy) is 1. The third-order valence-corrected chi connectivity index (χ3v) is 2.54. The zero-order valence-corrected chi connectivity index (χ0v) is 9.11. The van der Waals surface area contributed by atoms with Gasteiger partial charge in [-0.2, -0.15) is 0 Å². The summed E-state index contributed by atoms with van der Waals surface area (Å²) in [6.07, 6.45) is 1.07. The Morgan fingerprint density at radius 2 is 2.44 bits per heavy atom. The molecule has 1 N–H and O–H groups in total. The molecule has 0 bridgehead atoms. The predicted octanol–water partition coefficient (Wildman–Crippen LogP) is 1.84.